The van der Waals surface area contributed by atoms with Crippen molar-refractivity contribution in [1.82, 2.24) is 5.32 Å². The molecular weight excluding hydrogens is 322 g/mol. The standard InChI is InChI=1S/C15H18BrNOS/c1-3-17-14(12-6-7-19-10-12)9-11-4-5-15(18-2)13(16)8-11/h4-8,10,14,17H,3,9H2,1-2H3. The molecule has 1 aromatic carbocycles. The van der Waals surface area contributed by atoms with E-state index >= 15 is 0 Å². The normalized spacial score (nSPS) is 12.4. The van der Waals surface area contributed by atoms with Crippen LogP contribution in [0, 0.1) is 0 Å². The number of methoxy groups -OCH3 is 1. The van der Waals surface area contributed by atoms with Crippen LogP contribution in [0.4, 0.5) is 0 Å². The highest BCUT2D eigenvalue weighted by Gasteiger charge is 2.12. The highest BCUT2D eigenvalue weighted by Crippen LogP contribution is 2.28. The zero-order valence-corrected chi connectivity index (χ0v) is 13.6. The second-order valence-corrected chi connectivity index (χ2v) is 5.97. The first-order valence-electron chi connectivity index (χ1n) is 6.32. The number of halogens is 1. The van der Waals surface area contributed by atoms with Crippen molar-refractivity contribution in [3.05, 3.63) is 50.6 Å². The summed E-state index contributed by atoms with van der Waals surface area (Å²) in [6.07, 6.45) is 0.979. The minimum atomic E-state index is 0.372. The molecule has 0 saturated carbocycles. The van der Waals surface area contributed by atoms with Crippen molar-refractivity contribution in [3.63, 3.8) is 0 Å². The molecule has 1 heterocycles. The maximum absolute atomic E-state index is 5.26. The van der Waals surface area contributed by atoms with E-state index in [9.17, 15) is 0 Å². The number of likely N-dealkylation sites (N-methyl/N-ethyl adjacent to an activating group) is 1. The fourth-order valence-electron chi connectivity index (χ4n) is 2.10. The van der Waals surface area contributed by atoms with Crippen molar-refractivity contribution in [2.75, 3.05) is 13.7 Å². The van der Waals surface area contributed by atoms with Gasteiger partial charge in [-0.15, -0.1) is 0 Å². The molecule has 0 spiro atoms. The summed E-state index contributed by atoms with van der Waals surface area (Å²) in [5, 5.41) is 7.88. The van der Waals surface area contributed by atoms with Crippen LogP contribution in [-0.2, 0) is 6.42 Å². The molecule has 19 heavy (non-hydrogen) atoms. The monoisotopic (exact) mass is 339 g/mol. The molecule has 0 saturated heterocycles. The van der Waals surface area contributed by atoms with Crippen molar-refractivity contribution < 1.29 is 4.74 Å². The van der Waals surface area contributed by atoms with E-state index in [-0.39, 0.29) is 0 Å². The highest BCUT2D eigenvalue weighted by atomic mass is 79.9. The van der Waals surface area contributed by atoms with Gasteiger partial charge in [-0.05, 0) is 69.0 Å². The van der Waals surface area contributed by atoms with Crippen molar-refractivity contribution in [2.24, 2.45) is 0 Å². The van der Waals surface area contributed by atoms with E-state index in [2.05, 4.69) is 57.1 Å². The first-order valence-corrected chi connectivity index (χ1v) is 8.06. The number of benzene rings is 1. The van der Waals surface area contributed by atoms with E-state index < -0.39 is 0 Å². The number of ether oxygens (including phenoxy) is 1. The van der Waals surface area contributed by atoms with Gasteiger partial charge in [-0.1, -0.05) is 13.0 Å². The summed E-state index contributed by atoms with van der Waals surface area (Å²) in [6.45, 7) is 3.11. The van der Waals surface area contributed by atoms with Crippen LogP contribution < -0.4 is 10.1 Å². The molecule has 0 amide bonds. The van der Waals surface area contributed by atoms with Gasteiger partial charge in [0.05, 0.1) is 11.6 Å². The summed E-state index contributed by atoms with van der Waals surface area (Å²) >= 11 is 5.29. The molecule has 4 heteroatoms. The molecule has 102 valence electrons. The summed E-state index contributed by atoms with van der Waals surface area (Å²) in [7, 11) is 1.69. The lowest BCUT2D eigenvalue weighted by Crippen LogP contribution is -2.22. The maximum Gasteiger partial charge on any atom is 0.133 e. The predicted octanol–water partition coefficient (Wildman–Crippen LogP) is 4.41. The van der Waals surface area contributed by atoms with Crippen LogP contribution in [-0.4, -0.2) is 13.7 Å². The quantitative estimate of drug-likeness (QED) is 0.841. The van der Waals surface area contributed by atoms with Crippen LogP contribution >= 0.6 is 27.3 Å². The van der Waals surface area contributed by atoms with E-state index in [0.29, 0.717) is 6.04 Å². The number of hydrogen-bond donors (Lipinski definition) is 1. The van der Waals surface area contributed by atoms with Crippen LogP contribution in [0.15, 0.2) is 39.5 Å². The molecule has 1 atom stereocenters. The average molecular weight is 340 g/mol. The molecule has 0 aliphatic heterocycles. The van der Waals surface area contributed by atoms with Crippen molar-refractivity contribution in [3.8, 4) is 5.75 Å². The summed E-state index contributed by atoms with van der Waals surface area (Å²) < 4.78 is 6.27. The Hall–Kier alpha value is -0.840. The van der Waals surface area contributed by atoms with Gasteiger partial charge in [0.2, 0.25) is 0 Å². The zero-order chi connectivity index (χ0) is 13.7. The van der Waals surface area contributed by atoms with Gasteiger partial charge in [-0.3, -0.25) is 0 Å². The topological polar surface area (TPSA) is 21.3 Å². The van der Waals surface area contributed by atoms with Crippen molar-refractivity contribution >= 4 is 27.3 Å². The Morgan fingerprint density at radius 3 is 2.79 bits per heavy atom. The van der Waals surface area contributed by atoms with Gasteiger partial charge >= 0.3 is 0 Å². The van der Waals surface area contributed by atoms with Gasteiger partial charge in [-0.2, -0.15) is 11.3 Å². The largest absolute Gasteiger partial charge is 0.496 e. The number of hydrogen-bond acceptors (Lipinski definition) is 3. The van der Waals surface area contributed by atoms with Crippen LogP contribution in [0.1, 0.15) is 24.1 Å². The molecule has 2 rings (SSSR count). The predicted molar refractivity (Wildman–Crippen MR) is 85.1 cm³/mol. The Morgan fingerprint density at radius 1 is 1.37 bits per heavy atom. The van der Waals surface area contributed by atoms with E-state index in [1.54, 1.807) is 18.4 Å². The number of thiophene rings is 1. The molecule has 1 aromatic heterocycles. The molecule has 2 nitrogen and oxygen atoms in total. The molecule has 0 aliphatic rings. The van der Waals surface area contributed by atoms with Crippen LogP contribution in [0.25, 0.3) is 0 Å². The van der Waals surface area contributed by atoms with Gasteiger partial charge < -0.3 is 10.1 Å². The van der Waals surface area contributed by atoms with Crippen LogP contribution in [0.2, 0.25) is 0 Å². The maximum atomic E-state index is 5.26. The summed E-state index contributed by atoms with van der Waals surface area (Å²) in [6, 6.07) is 8.83. The van der Waals surface area contributed by atoms with Crippen molar-refractivity contribution in [1.29, 1.82) is 0 Å². The number of rotatable bonds is 6. The lowest BCUT2D eigenvalue weighted by atomic mass is 10.0. The second-order valence-electron chi connectivity index (χ2n) is 4.34. The fourth-order valence-corrected chi connectivity index (χ4v) is 3.40. The molecule has 1 unspecified atom stereocenters. The van der Waals surface area contributed by atoms with Crippen LogP contribution in [0.5, 0.6) is 5.75 Å². The Morgan fingerprint density at radius 2 is 2.21 bits per heavy atom. The fraction of sp³-hybridized carbons (Fsp3) is 0.333. The minimum absolute atomic E-state index is 0.372. The zero-order valence-electron chi connectivity index (χ0n) is 11.2. The van der Waals surface area contributed by atoms with E-state index in [4.69, 9.17) is 4.74 Å². The Kier molecular flexibility index (Phi) is 5.43. The lowest BCUT2D eigenvalue weighted by Gasteiger charge is -2.17. The van der Waals surface area contributed by atoms with E-state index in [0.717, 1.165) is 23.2 Å². The van der Waals surface area contributed by atoms with Gasteiger partial charge in [0.15, 0.2) is 0 Å². The molecule has 1 N–H and O–H groups in total. The number of nitrogens with one attached hydrogen (secondary N) is 1. The first-order chi connectivity index (χ1) is 9.24. The molecule has 0 radical (unpaired) electrons. The van der Waals surface area contributed by atoms with Gasteiger partial charge in [0, 0.05) is 6.04 Å². The molecular formula is C15H18BrNOS. The smallest absolute Gasteiger partial charge is 0.133 e. The highest BCUT2D eigenvalue weighted by molar-refractivity contribution is 9.10. The Balaban J connectivity index is 2.15. The van der Waals surface area contributed by atoms with Crippen molar-refractivity contribution in [2.45, 2.75) is 19.4 Å². The Labute approximate surface area is 126 Å². The van der Waals surface area contributed by atoms with Gasteiger partial charge in [0.1, 0.15) is 5.75 Å². The third kappa shape index (κ3) is 3.81. The Bertz CT molecular complexity index is 513. The summed E-state index contributed by atoms with van der Waals surface area (Å²) in [4.78, 5) is 0. The van der Waals surface area contributed by atoms with Gasteiger partial charge in [0.25, 0.3) is 0 Å². The minimum Gasteiger partial charge on any atom is -0.496 e. The summed E-state index contributed by atoms with van der Waals surface area (Å²) in [5.74, 6) is 0.874. The first kappa shape index (κ1) is 14.6. The lowest BCUT2D eigenvalue weighted by molar-refractivity contribution is 0.412. The average Bonchev–Trinajstić information content (AvgIpc) is 2.92. The SMILES string of the molecule is CCNC(Cc1ccc(OC)c(Br)c1)c1ccsc1. The third-order valence-corrected chi connectivity index (χ3v) is 4.37. The summed E-state index contributed by atoms with van der Waals surface area (Å²) in [5.41, 5.74) is 2.66. The third-order valence-electron chi connectivity index (χ3n) is 3.05. The molecule has 0 aliphatic carbocycles. The van der Waals surface area contributed by atoms with E-state index in [1.165, 1.54) is 11.1 Å². The molecule has 0 fully saturated rings. The molecule has 2 aromatic rings. The van der Waals surface area contributed by atoms with E-state index in [1.807, 2.05) is 6.07 Å². The second kappa shape index (κ2) is 7.08. The van der Waals surface area contributed by atoms with Gasteiger partial charge in [-0.25, -0.2) is 0 Å². The molecule has 0 bridgehead atoms. The van der Waals surface area contributed by atoms with Crippen LogP contribution in [0.3, 0.4) is 0 Å².